The summed E-state index contributed by atoms with van der Waals surface area (Å²) in [4.78, 5) is 21.4. The lowest BCUT2D eigenvalue weighted by Crippen LogP contribution is -2.20. The van der Waals surface area contributed by atoms with Crippen molar-refractivity contribution in [2.24, 2.45) is 11.8 Å². The van der Waals surface area contributed by atoms with Gasteiger partial charge in [-0.05, 0) is 12.8 Å². The Morgan fingerprint density at radius 3 is 2.82 bits per heavy atom. The van der Waals surface area contributed by atoms with Crippen molar-refractivity contribution in [3.8, 4) is 0 Å². The fraction of sp³-hybridized carbons (Fsp3) is 0.750. The van der Waals surface area contributed by atoms with Gasteiger partial charge in [0.2, 0.25) is 0 Å². The minimum absolute atomic E-state index is 0.0950. The number of carbonyl (C=O) groups is 2. The number of aldehydes is 1. The molecule has 11 heavy (non-hydrogen) atoms. The molecule has 0 saturated heterocycles. The Morgan fingerprint density at radius 2 is 2.27 bits per heavy atom. The quantitative estimate of drug-likeness (QED) is 0.438. The van der Waals surface area contributed by atoms with Gasteiger partial charge in [-0.15, -0.1) is 0 Å². The third-order valence-electron chi connectivity index (χ3n) is 2.25. The van der Waals surface area contributed by atoms with E-state index in [1.807, 2.05) is 0 Å². The lowest BCUT2D eigenvalue weighted by molar-refractivity contribution is -0.147. The van der Waals surface area contributed by atoms with Crippen LogP contribution in [0, 0.1) is 11.8 Å². The highest BCUT2D eigenvalue weighted by molar-refractivity contribution is 5.77. The highest BCUT2D eigenvalue weighted by atomic mass is 16.5. The fourth-order valence-electron chi connectivity index (χ4n) is 1.60. The van der Waals surface area contributed by atoms with Crippen molar-refractivity contribution < 1.29 is 14.3 Å². The van der Waals surface area contributed by atoms with Crippen LogP contribution in [0.1, 0.15) is 19.3 Å². The summed E-state index contributed by atoms with van der Waals surface area (Å²) in [5.74, 6) is -0.500. The van der Waals surface area contributed by atoms with E-state index in [0.29, 0.717) is 0 Å². The molecule has 1 aliphatic rings. The largest absolute Gasteiger partial charge is 0.469 e. The molecule has 62 valence electrons. The average molecular weight is 156 g/mol. The van der Waals surface area contributed by atoms with Crippen LogP contribution < -0.4 is 0 Å². The lowest BCUT2D eigenvalue weighted by atomic mass is 9.98. The molecule has 0 aromatic carbocycles. The molecule has 0 bridgehead atoms. The van der Waals surface area contributed by atoms with E-state index in [0.717, 1.165) is 25.5 Å². The molecular weight excluding hydrogens is 144 g/mol. The van der Waals surface area contributed by atoms with Crippen molar-refractivity contribution in [1.29, 1.82) is 0 Å². The van der Waals surface area contributed by atoms with Crippen molar-refractivity contribution in [3.05, 3.63) is 0 Å². The molecule has 1 rings (SSSR count). The molecule has 0 spiro atoms. The Morgan fingerprint density at radius 1 is 1.55 bits per heavy atom. The van der Waals surface area contributed by atoms with Gasteiger partial charge in [0.05, 0.1) is 13.0 Å². The summed E-state index contributed by atoms with van der Waals surface area (Å²) in [7, 11) is 1.36. The molecule has 3 heteroatoms. The van der Waals surface area contributed by atoms with Crippen molar-refractivity contribution in [1.82, 2.24) is 0 Å². The van der Waals surface area contributed by atoms with Crippen LogP contribution in [-0.2, 0) is 14.3 Å². The second-order valence-corrected chi connectivity index (χ2v) is 2.86. The number of hydrogen-bond acceptors (Lipinski definition) is 3. The minimum atomic E-state index is -0.236. The maximum atomic E-state index is 11.0. The molecule has 1 saturated carbocycles. The predicted molar refractivity (Wildman–Crippen MR) is 38.9 cm³/mol. The normalized spacial score (nSPS) is 29.9. The van der Waals surface area contributed by atoms with Crippen LogP contribution in [0.2, 0.25) is 0 Å². The minimum Gasteiger partial charge on any atom is -0.469 e. The van der Waals surface area contributed by atoms with E-state index in [2.05, 4.69) is 4.74 Å². The van der Waals surface area contributed by atoms with Gasteiger partial charge in [-0.2, -0.15) is 0 Å². The van der Waals surface area contributed by atoms with Crippen LogP contribution in [0.25, 0.3) is 0 Å². The number of hydrogen-bond donors (Lipinski definition) is 0. The number of esters is 1. The molecule has 0 unspecified atom stereocenters. The second kappa shape index (κ2) is 3.51. The molecule has 0 N–H and O–H groups in total. The number of rotatable bonds is 2. The molecule has 0 amide bonds. The standard InChI is InChI=1S/C8H12O3/c1-11-8(10)7-4-2-3-6(7)5-9/h5-7H,2-4H2,1H3/t6-,7+/m1/s1. The summed E-state index contributed by atoms with van der Waals surface area (Å²) in [5.41, 5.74) is 0. The maximum Gasteiger partial charge on any atom is 0.309 e. The SMILES string of the molecule is COC(=O)[C@H]1CCC[C@@H]1C=O. The van der Waals surface area contributed by atoms with E-state index in [1.165, 1.54) is 7.11 Å². The van der Waals surface area contributed by atoms with Crippen LogP contribution in [-0.4, -0.2) is 19.4 Å². The first kappa shape index (κ1) is 8.24. The summed E-state index contributed by atoms with van der Waals surface area (Å²) < 4.78 is 4.57. The Kier molecular flexibility index (Phi) is 2.63. The first-order valence-corrected chi connectivity index (χ1v) is 3.82. The Bertz CT molecular complexity index is 165. The van der Waals surface area contributed by atoms with E-state index in [1.54, 1.807) is 0 Å². The fourth-order valence-corrected chi connectivity index (χ4v) is 1.60. The Hall–Kier alpha value is -0.860. The van der Waals surface area contributed by atoms with Crippen molar-refractivity contribution in [3.63, 3.8) is 0 Å². The number of ether oxygens (including phenoxy) is 1. The summed E-state index contributed by atoms with van der Waals surface area (Å²) >= 11 is 0. The molecule has 1 aliphatic carbocycles. The molecule has 0 radical (unpaired) electrons. The van der Waals surface area contributed by atoms with Crippen LogP contribution in [0.5, 0.6) is 0 Å². The number of methoxy groups -OCH3 is 1. The van der Waals surface area contributed by atoms with Gasteiger partial charge in [-0.25, -0.2) is 0 Å². The zero-order valence-electron chi connectivity index (χ0n) is 6.58. The van der Waals surface area contributed by atoms with E-state index < -0.39 is 0 Å². The van der Waals surface area contributed by atoms with Crippen molar-refractivity contribution in [2.75, 3.05) is 7.11 Å². The molecular formula is C8H12O3. The number of carbonyl (C=O) groups excluding carboxylic acids is 2. The van der Waals surface area contributed by atoms with Gasteiger partial charge in [0.15, 0.2) is 0 Å². The monoisotopic (exact) mass is 156 g/mol. The van der Waals surface area contributed by atoms with Gasteiger partial charge >= 0.3 is 5.97 Å². The molecule has 0 heterocycles. The predicted octanol–water partition coefficient (Wildman–Crippen LogP) is 0.775. The Balaban J connectivity index is 2.56. The molecule has 0 aliphatic heterocycles. The summed E-state index contributed by atoms with van der Waals surface area (Å²) in [6.45, 7) is 0. The van der Waals surface area contributed by atoms with Crippen LogP contribution in [0.3, 0.4) is 0 Å². The highest BCUT2D eigenvalue weighted by Gasteiger charge is 2.33. The molecule has 2 atom stereocenters. The maximum absolute atomic E-state index is 11.0. The second-order valence-electron chi connectivity index (χ2n) is 2.86. The van der Waals surface area contributed by atoms with Crippen molar-refractivity contribution in [2.45, 2.75) is 19.3 Å². The van der Waals surface area contributed by atoms with Crippen LogP contribution in [0.4, 0.5) is 0 Å². The van der Waals surface area contributed by atoms with Crippen molar-refractivity contribution >= 4 is 12.3 Å². The van der Waals surface area contributed by atoms with Crippen LogP contribution in [0.15, 0.2) is 0 Å². The van der Waals surface area contributed by atoms with Gasteiger partial charge in [-0.1, -0.05) is 6.42 Å². The summed E-state index contributed by atoms with van der Waals surface area (Å²) in [6, 6.07) is 0. The zero-order valence-corrected chi connectivity index (χ0v) is 6.58. The first-order chi connectivity index (χ1) is 5.29. The first-order valence-electron chi connectivity index (χ1n) is 3.82. The van der Waals surface area contributed by atoms with Gasteiger partial charge in [0.25, 0.3) is 0 Å². The summed E-state index contributed by atoms with van der Waals surface area (Å²) in [6.07, 6.45) is 3.47. The van der Waals surface area contributed by atoms with Gasteiger partial charge < -0.3 is 9.53 Å². The lowest BCUT2D eigenvalue weighted by Gasteiger charge is -2.10. The average Bonchev–Trinajstić information content (AvgIpc) is 2.50. The van der Waals surface area contributed by atoms with E-state index in [-0.39, 0.29) is 17.8 Å². The van der Waals surface area contributed by atoms with Crippen LogP contribution >= 0.6 is 0 Å². The third-order valence-corrected chi connectivity index (χ3v) is 2.25. The van der Waals surface area contributed by atoms with E-state index >= 15 is 0 Å². The molecule has 0 aromatic rings. The molecule has 3 nitrogen and oxygen atoms in total. The van der Waals surface area contributed by atoms with E-state index in [4.69, 9.17) is 0 Å². The summed E-state index contributed by atoms with van der Waals surface area (Å²) in [5, 5.41) is 0. The topological polar surface area (TPSA) is 43.4 Å². The van der Waals surface area contributed by atoms with E-state index in [9.17, 15) is 9.59 Å². The van der Waals surface area contributed by atoms with Gasteiger partial charge in [-0.3, -0.25) is 4.79 Å². The Labute approximate surface area is 65.7 Å². The molecule has 0 aromatic heterocycles. The molecule has 1 fully saturated rings. The third kappa shape index (κ3) is 1.59. The smallest absolute Gasteiger partial charge is 0.309 e. The highest BCUT2D eigenvalue weighted by Crippen LogP contribution is 2.30. The van der Waals surface area contributed by atoms with Gasteiger partial charge in [0, 0.05) is 5.92 Å². The zero-order chi connectivity index (χ0) is 8.27. The van der Waals surface area contributed by atoms with Gasteiger partial charge in [0.1, 0.15) is 6.29 Å².